The number of ether oxygens (including phenoxy) is 2. The van der Waals surface area contributed by atoms with Crippen LogP contribution in [0.3, 0.4) is 0 Å². The molecule has 0 aliphatic rings. The fourth-order valence-corrected chi connectivity index (χ4v) is 3.02. The van der Waals surface area contributed by atoms with E-state index in [1.165, 1.54) is 26.4 Å². The third-order valence-electron chi connectivity index (χ3n) is 4.59. The standard InChI is InChI=1S/C23H18FN3O4/c1-29-16-11-12-20(30-2)19(13-16)25-22(28)17-5-3-4-6-18(17)23-26-21(27-31-23)14-7-9-15(24)10-8-14/h3-13H,1-2H3,(H,25,28). The van der Waals surface area contributed by atoms with Crippen LogP contribution in [0, 0.1) is 5.82 Å². The number of nitrogens with zero attached hydrogens (tertiary/aromatic N) is 2. The van der Waals surface area contributed by atoms with Crippen LogP contribution in [0.1, 0.15) is 10.4 Å². The van der Waals surface area contributed by atoms with Crippen molar-refractivity contribution in [1.29, 1.82) is 0 Å². The largest absolute Gasteiger partial charge is 0.497 e. The molecule has 1 N–H and O–H groups in total. The van der Waals surface area contributed by atoms with Gasteiger partial charge in [-0.15, -0.1) is 0 Å². The van der Waals surface area contributed by atoms with Gasteiger partial charge in [-0.25, -0.2) is 4.39 Å². The summed E-state index contributed by atoms with van der Waals surface area (Å²) in [5, 5.41) is 6.78. The predicted octanol–water partition coefficient (Wildman–Crippen LogP) is 4.81. The molecule has 0 unspecified atom stereocenters. The van der Waals surface area contributed by atoms with Crippen LogP contribution < -0.4 is 14.8 Å². The molecule has 1 aromatic heterocycles. The molecule has 0 spiro atoms. The lowest BCUT2D eigenvalue weighted by atomic mass is 10.1. The van der Waals surface area contributed by atoms with Gasteiger partial charge >= 0.3 is 0 Å². The van der Waals surface area contributed by atoms with Crippen LogP contribution in [0.5, 0.6) is 11.5 Å². The number of carbonyl (C=O) groups is 1. The molecule has 156 valence electrons. The summed E-state index contributed by atoms with van der Waals surface area (Å²) in [6.45, 7) is 0. The minimum atomic E-state index is -0.385. The lowest BCUT2D eigenvalue weighted by Crippen LogP contribution is -2.14. The Hall–Kier alpha value is -4.20. The van der Waals surface area contributed by atoms with Gasteiger partial charge in [0.15, 0.2) is 0 Å². The summed E-state index contributed by atoms with van der Waals surface area (Å²) in [4.78, 5) is 17.4. The van der Waals surface area contributed by atoms with Gasteiger partial charge in [-0.2, -0.15) is 4.98 Å². The maximum atomic E-state index is 13.2. The lowest BCUT2D eigenvalue weighted by molar-refractivity contribution is 0.102. The van der Waals surface area contributed by atoms with Crippen molar-refractivity contribution in [3.63, 3.8) is 0 Å². The van der Waals surface area contributed by atoms with E-state index in [2.05, 4.69) is 15.5 Å². The van der Waals surface area contributed by atoms with E-state index in [1.807, 2.05) is 0 Å². The molecule has 1 heterocycles. The van der Waals surface area contributed by atoms with Crippen molar-refractivity contribution in [1.82, 2.24) is 10.1 Å². The average molecular weight is 419 g/mol. The third-order valence-corrected chi connectivity index (χ3v) is 4.59. The van der Waals surface area contributed by atoms with Crippen LogP contribution in [0.4, 0.5) is 10.1 Å². The molecule has 0 atom stereocenters. The monoisotopic (exact) mass is 419 g/mol. The molecular weight excluding hydrogens is 401 g/mol. The minimum absolute atomic E-state index is 0.169. The number of aromatic nitrogens is 2. The van der Waals surface area contributed by atoms with Gasteiger partial charge in [-0.3, -0.25) is 4.79 Å². The zero-order chi connectivity index (χ0) is 21.8. The van der Waals surface area contributed by atoms with Gasteiger partial charge in [0.25, 0.3) is 11.8 Å². The first-order chi connectivity index (χ1) is 15.1. The molecule has 4 rings (SSSR count). The summed E-state index contributed by atoms with van der Waals surface area (Å²) in [6, 6.07) is 17.7. The Balaban J connectivity index is 1.65. The van der Waals surface area contributed by atoms with Gasteiger partial charge in [0.2, 0.25) is 5.82 Å². The molecule has 0 bridgehead atoms. The zero-order valence-corrected chi connectivity index (χ0v) is 16.8. The molecule has 0 aliphatic heterocycles. The predicted molar refractivity (Wildman–Crippen MR) is 113 cm³/mol. The summed E-state index contributed by atoms with van der Waals surface area (Å²) >= 11 is 0. The van der Waals surface area contributed by atoms with Crippen molar-refractivity contribution < 1.29 is 23.2 Å². The first-order valence-corrected chi connectivity index (χ1v) is 9.31. The highest BCUT2D eigenvalue weighted by Gasteiger charge is 2.19. The smallest absolute Gasteiger partial charge is 0.259 e. The Kier molecular flexibility index (Phi) is 5.61. The molecule has 8 heteroatoms. The first kappa shape index (κ1) is 20.1. The zero-order valence-electron chi connectivity index (χ0n) is 16.8. The molecule has 3 aromatic carbocycles. The average Bonchev–Trinajstić information content (AvgIpc) is 3.29. The summed E-state index contributed by atoms with van der Waals surface area (Å²) in [7, 11) is 3.05. The van der Waals surface area contributed by atoms with Crippen molar-refractivity contribution in [3.05, 3.63) is 78.1 Å². The Morgan fingerprint density at radius 3 is 2.52 bits per heavy atom. The number of nitrogens with one attached hydrogen (secondary N) is 1. The quantitative estimate of drug-likeness (QED) is 0.483. The van der Waals surface area contributed by atoms with E-state index in [0.29, 0.717) is 39.7 Å². The second-order valence-corrected chi connectivity index (χ2v) is 6.50. The molecule has 0 saturated carbocycles. The molecule has 0 aliphatic carbocycles. The maximum absolute atomic E-state index is 13.2. The topological polar surface area (TPSA) is 86.5 Å². The van der Waals surface area contributed by atoms with Crippen LogP contribution in [-0.4, -0.2) is 30.3 Å². The number of rotatable bonds is 6. The van der Waals surface area contributed by atoms with Crippen LogP contribution in [0.2, 0.25) is 0 Å². The van der Waals surface area contributed by atoms with Gasteiger partial charge in [0.1, 0.15) is 17.3 Å². The second-order valence-electron chi connectivity index (χ2n) is 6.50. The fourth-order valence-electron chi connectivity index (χ4n) is 3.02. The molecule has 4 aromatic rings. The highest BCUT2D eigenvalue weighted by atomic mass is 19.1. The molecule has 1 amide bonds. The third kappa shape index (κ3) is 4.23. The van der Waals surface area contributed by atoms with Crippen LogP contribution >= 0.6 is 0 Å². The van der Waals surface area contributed by atoms with Crippen LogP contribution in [0.15, 0.2) is 71.3 Å². The maximum Gasteiger partial charge on any atom is 0.259 e. The van der Waals surface area contributed by atoms with Crippen molar-refractivity contribution in [2.24, 2.45) is 0 Å². The highest BCUT2D eigenvalue weighted by molar-refractivity contribution is 6.08. The van der Waals surface area contributed by atoms with E-state index in [1.54, 1.807) is 54.6 Å². The van der Waals surface area contributed by atoms with E-state index < -0.39 is 0 Å². The summed E-state index contributed by atoms with van der Waals surface area (Å²) < 4.78 is 29.1. The van der Waals surface area contributed by atoms with E-state index in [0.717, 1.165) is 0 Å². The SMILES string of the molecule is COc1ccc(OC)c(NC(=O)c2ccccc2-c2nc(-c3ccc(F)cc3)no2)c1. The molecule has 0 radical (unpaired) electrons. The van der Waals surface area contributed by atoms with Gasteiger partial charge in [0.05, 0.1) is 31.0 Å². The molecule has 7 nitrogen and oxygen atoms in total. The molecular formula is C23H18FN3O4. The van der Waals surface area contributed by atoms with E-state index in [4.69, 9.17) is 14.0 Å². The normalized spacial score (nSPS) is 10.5. The minimum Gasteiger partial charge on any atom is -0.497 e. The molecule has 0 saturated heterocycles. The number of benzene rings is 3. The Morgan fingerprint density at radius 2 is 1.77 bits per heavy atom. The van der Waals surface area contributed by atoms with E-state index in [9.17, 15) is 9.18 Å². The number of anilines is 1. The van der Waals surface area contributed by atoms with Crippen LogP contribution in [-0.2, 0) is 0 Å². The molecule has 31 heavy (non-hydrogen) atoms. The number of carbonyl (C=O) groups excluding carboxylic acids is 1. The molecule has 0 fully saturated rings. The van der Waals surface area contributed by atoms with E-state index in [-0.39, 0.29) is 17.6 Å². The first-order valence-electron chi connectivity index (χ1n) is 9.31. The Labute approximate surface area is 177 Å². The second kappa shape index (κ2) is 8.66. The number of hydrogen-bond donors (Lipinski definition) is 1. The number of halogens is 1. The number of hydrogen-bond acceptors (Lipinski definition) is 6. The van der Waals surface area contributed by atoms with Crippen molar-refractivity contribution in [2.75, 3.05) is 19.5 Å². The summed E-state index contributed by atoms with van der Waals surface area (Å²) in [5.74, 6) is 0.779. The van der Waals surface area contributed by atoms with Gasteiger partial charge in [-0.05, 0) is 48.5 Å². The van der Waals surface area contributed by atoms with Crippen molar-refractivity contribution in [2.45, 2.75) is 0 Å². The Bertz CT molecular complexity index is 1220. The van der Waals surface area contributed by atoms with Gasteiger partial charge in [-0.1, -0.05) is 17.3 Å². The van der Waals surface area contributed by atoms with Crippen molar-refractivity contribution >= 4 is 11.6 Å². The number of methoxy groups -OCH3 is 2. The summed E-state index contributed by atoms with van der Waals surface area (Å²) in [6.07, 6.45) is 0. The van der Waals surface area contributed by atoms with Gasteiger partial charge < -0.3 is 19.3 Å². The van der Waals surface area contributed by atoms with Crippen molar-refractivity contribution in [3.8, 4) is 34.3 Å². The fraction of sp³-hybridized carbons (Fsp3) is 0.0870. The van der Waals surface area contributed by atoms with Crippen LogP contribution in [0.25, 0.3) is 22.8 Å². The number of amides is 1. The van der Waals surface area contributed by atoms with Gasteiger partial charge in [0, 0.05) is 11.6 Å². The lowest BCUT2D eigenvalue weighted by Gasteiger charge is -2.12. The Morgan fingerprint density at radius 1 is 1.00 bits per heavy atom. The van der Waals surface area contributed by atoms with E-state index >= 15 is 0 Å². The highest BCUT2D eigenvalue weighted by Crippen LogP contribution is 2.31. The summed E-state index contributed by atoms with van der Waals surface area (Å²) in [5.41, 5.74) is 1.85.